The molecule has 1 aliphatic heterocycles. The Kier molecular flexibility index (Phi) is 6.75. The lowest BCUT2D eigenvalue weighted by Gasteiger charge is -2.31. The predicted octanol–water partition coefficient (Wildman–Crippen LogP) is 4.43. The van der Waals surface area contributed by atoms with Crippen LogP contribution in [0.4, 0.5) is 5.69 Å². The predicted molar refractivity (Wildman–Crippen MR) is 122 cm³/mol. The topological polar surface area (TPSA) is 61.4 Å². The molecule has 0 atom stereocenters. The van der Waals surface area contributed by atoms with E-state index in [-0.39, 0.29) is 11.8 Å². The number of benzene rings is 2. The zero-order chi connectivity index (χ0) is 20.9. The number of anilines is 1. The summed E-state index contributed by atoms with van der Waals surface area (Å²) in [7, 11) is 2.21. The van der Waals surface area contributed by atoms with Gasteiger partial charge in [-0.1, -0.05) is 43.5 Å². The molecule has 2 aliphatic rings. The number of carbonyl (C=O) groups excluding carboxylic acids is 2. The van der Waals surface area contributed by atoms with Crippen LogP contribution in [0.1, 0.15) is 53.6 Å². The Hall–Kier alpha value is -2.31. The lowest BCUT2D eigenvalue weighted by Crippen LogP contribution is -2.33. The van der Waals surface area contributed by atoms with Gasteiger partial charge in [0.2, 0.25) is 5.91 Å². The first-order valence-electron chi connectivity index (χ1n) is 10.7. The fraction of sp³-hybridized carbons (Fsp3) is 0.417. The minimum atomic E-state index is -0.127. The summed E-state index contributed by atoms with van der Waals surface area (Å²) in [5.74, 6) is 0.268. The van der Waals surface area contributed by atoms with Gasteiger partial charge in [-0.2, -0.15) is 0 Å². The van der Waals surface area contributed by atoms with Gasteiger partial charge in [-0.15, -0.1) is 11.8 Å². The minimum absolute atomic E-state index is 0.0268. The second-order valence-corrected chi connectivity index (χ2v) is 9.22. The Balaban J connectivity index is 1.39. The van der Waals surface area contributed by atoms with Crippen LogP contribution in [0.15, 0.2) is 47.4 Å². The number of amides is 2. The largest absolute Gasteiger partial charge is 0.348 e. The molecule has 1 aliphatic carbocycles. The maximum Gasteiger partial charge on any atom is 0.251 e. The third-order valence-electron chi connectivity index (χ3n) is 6.05. The van der Waals surface area contributed by atoms with Crippen molar-refractivity contribution in [2.75, 3.05) is 18.1 Å². The third-order valence-corrected chi connectivity index (χ3v) is 7.12. The second-order valence-electron chi connectivity index (χ2n) is 8.21. The zero-order valence-electron chi connectivity index (χ0n) is 17.4. The summed E-state index contributed by atoms with van der Waals surface area (Å²) < 4.78 is 0. The van der Waals surface area contributed by atoms with Crippen LogP contribution in [0.3, 0.4) is 0 Å². The molecule has 1 saturated carbocycles. The van der Waals surface area contributed by atoms with E-state index in [1.807, 2.05) is 18.2 Å². The summed E-state index contributed by atoms with van der Waals surface area (Å²) >= 11 is 1.50. The molecule has 5 nitrogen and oxygen atoms in total. The van der Waals surface area contributed by atoms with E-state index in [4.69, 9.17) is 0 Å². The number of nitrogens with zero attached hydrogens (tertiary/aromatic N) is 1. The van der Waals surface area contributed by atoms with E-state index >= 15 is 0 Å². The highest BCUT2D eigenvalue weighted by Crippen LogP contribution is 2.32. The van der Waals surface area contributed by atoms with Crippen LogP contribution < -0.4 is 10.6 Å². The van der Waals surface area contributed by atoms with E-state index in [9.17, 15) is 9.59 Å². The molecule has 2 amide bonds. The van der Waals surface area contributed by atoms with Crippen LogP contribution in [0.25, 0.3) is 0 Å². The van der Waals surface area contributed by atoms with Gasteiger partial charge in [0, 0.05) is 29.6 Å². The van der Waals surface area contributed by atoms with E-state index in [0.29, 0.717) is 23.9 Å². The van der Waals surface area contributed by atoms with Crippen LogP contribution in [-0.4, -0.2) is 35.6 Å². The van der Waals surface area contributed by atoms with Crippen molar-refractivity contribution in [3.05, 3.63) is 59.2 Å². The van der Waals surface area contributed by atoms with Crippen LogP contribution in [0.2, 0.25) is 0 Å². The monoisotopic (exact) mass is 423 g/mol. The molecule has 30 heavy (non-hydrogen) atoms. The summed E-state index contributed by atoms with van der Waals surface area (Å²) in [5.41, 5.74) is 3.70. The number of hydrogen-bond acceptors (Lipinski definition) is 4. The molecule has 6 heteroatoms. The number of thioether (sulfide) groups is 1. The number of carbonyl (C=O) groups is 2. The van der Waals surface area contributed by atoms with Gasteiger partial charge in [0.05, 0.1) is 11.4 Å². The number of rotatable bonds is 6. The molecule has 2 aromatic carbocycles. The van der Waals surface area contributed by atoms with E-state index in [1.165, 1.54) is 49.4 Å². The summed E-state index contributed by atoms with van der Waals surface area (Å²) in [4.78, 5) is 27.8. The van der Waals surface area contributed by atoms with E-state index in [1.54, 1.807) is 6.07 Å². The van der Waals surface area contributed by atoms with Gasteiger partial charge < -0.3 is 10.6 Å². The lowest BCUT2D eigenvalue weighted by molar-refractivity contribution is -0.113. The van der Waals surface area contributed by atoms with Crippen molar-refractivity contribution in [2.45, 2.75) is 56.1 Å². The van der Waals surface area contributed by atoms with Crippen molar-refractivity contribution in [1.29, 1.82) is 0 Å². The molecule has 0 unspecified atom stereocenters. The fourth-order valence-corrected chi connectivity index (χ4v) is 5.09. The van der Waals surface area contributed by atoms with E-state index in [0.717, 1.165) is 22.7 Å². The van der Waals surface area contributed by atoms with Gasteiger partial charge in [-0.05, 0) is 49.2 Å². The molecule has 2 aromatic rings. The SMILES string of the molecule is CN(Cc1ccccc1CNC(=O)c1ccc2c(c1)NC(=O)CS2)C1CCCCC1. The highest BCUT2D eigenvalue weighted by atomic mass is 32.2. The van der Waals surface area contributed by atoms with Gasteiger partial charge in [0.1, 0.15) is 0 Å². The number of fused-ring (bicyclic) bond motifs is 1. The maximum atomic E-state index is 12.7. The van der Waals surface area contributed by atoms with Crippen LogP contribution >= 0.6 is 11.8 Å². The highest BCUT2D eigenvalue weighted by molar-refractivity contribution is 8.00. The van der Waals surface area contributed by atoms with Crippen molar-refractivity contribution in [2.24, 2.45) is 0 Å². The molecule has 0 bridgehead atoms. The van der Waals surface area contributed by atoms with Crippen molar-refractivity contribution >= 4 is 29.3 Å². The number of hydrogen-bond donors (Lipinski definition) is 2. The first-order valence-corrected chi connectivity index (χ1v) is 11.7. The lowest BCUT2D eigenvalue weighted by atomic mass is 9.94. The fourth-order valence-electron chi connectivity index (χ4n) is 4.31. The Morgan fingerprint density at radius 1 is 1.13 bits per heavy atom. The first-order chi connectivity index (χ1) is 14.6. The standard InChI is InChI=1S/C24H29N3O2S/c1-27(20-9-3-2-4-10-20)15-19-8-6-5-7-18(19)14-25-24(29)17-11-12-22-21(13-17)26-23(28)16-30-22/h5-8,11-13,20H,2-4,9-10,14-16H2,1H3,(H,25,29)(H,26,28). The molecule has 158 valence electrons. The molecule has 0 radical (unpaired) electrons. The zero-order valence-corrected chi connectivity index (χ0v) is 18.3. The molecular weight excluding hydrogens is 394 g/mol. The van der Waals surface area contributed by atoms with Gasteiger partial charge in [0.25, 0.3) is 5.91 Å². The summed E-state index contributed by atoms with van der Waals surface area (Å²) in [6, 6.07) is 14.5. The third kappa shape index (κ3) is 5.05. The summed E-state index contributed by atoms with van der Waals surface area (Å²) in [5, 5.41) is 5.89. The normalized spacial score (nSPS) is 16.8. The Labute approximate surface area is 182 Å². The highest BCUT2D eigenvalue weighted by Gasteiger charge is 2.20. The van der Waals surface area contributed by atoms with Crippen LogP contribution in [0.5, 0.6) is 0 Å². The maximum absolute atomic E-state index is 12.7. The number of nitrogens with one attached hydrogen (secondary N) is 2. The van der Waals surface area contributed by atoms with Gasteiger partial charge >= 0.3 is 0 Å². The van der Waals surface area contributed by atoms with Gasteiger partial charge in [-0.25, -0.2) is 0 Å². The Bertz CT molecular complexity index is 924. The minimum Gasteiger partial charge on any atom is -0.348 e. The molecular formula is C24H29N3O2S. The molecule has 1 fully saturated rings. The Morgan fingerprint density at radius 3 is 2.70 bits per heavy atom. The van der Waals surface area contributed by atoms with E-state index in [2.05, 4.69) is 40.8 Å². The van der Waals surface area contributed by atoms with Gasteiger partial charge in [-0.3, -0.25) is 14.5 Å². The van der Waals surface area contributed by atoms with Crippen molar-refractivity contribution in [3.63, 3.8) is 0 Å². The molecule has 2 N–H and O–H groups in total. The Morgan fingerprint density at radius 2 is 1.90 bits per heavy atom. The molecule has 0 saturated heterocycles. The summed E-state index contributed by atoms with van der Waals surface area (Å²) in [6.45, 7) is 1.39. The average molecular weight is 424 g/mol. The van der Waals surface area contributed by atoms with Crippen LogP contribution in [0, 0.1) is 0 Å². The smallest absolute Gasteiger partial charge is 0.251 e. The second kappa shape index (κ2) is 9.67. The molecule has 4 rings (SSSR count). The molecule has 1 heterocycles. The van der Waals surface area contributed by atoms with Crippen molar-refractivity contribution in [1.82, 2.24) is 10.2 Å². The first kappa shape index (κ1) is 20.9. The van der Waals surface area contributed by atoms with Crippen molar-refractivity contribution < 1.29 is 9.59 Å². The molecule has 0 aromatic heterocycles. The molecule has 0 spiro atoms. The quantitative estimate of drug-likeness (QED) is 0.722. The van der Waals surface area contributed by atoms with Gasteiger partial charge in [0.15, 0.2) is 0 Å². The van der Waals surface area contributed by atoms with Crippen molar-refractivity contribution in [3.8, 4) is 0 Å². The van der Waals surface area contributed by atoms with Crippen LogP contribution in [-0.2, 0) is 17.9 Å². The average Bonchev–Trinajstić information content (AvgIpc) is 2.78. The summed E-state index contributed by atoms with van der Waals surface area (Å²) in [6.07, 6.45) is 6.57. The van der Waals surface area contributed by atoms with E-state index < -0.39 is 0 Å².